The Morgan fingerprint density at radius 2 is 2.00 bits per heavy atom. The van der Waals surface area contributed by atoms with Crippen molar-refractivity contribution in [2.24, 2.45) is 0 Å². The second-order valence-electron chi connectivity index (χ2n) is 2.63. The number of halogens is 3. The Kier molecular flexibility index (Phi) is 2.58. The minimum atomic E-state index is -0.627. The van der Waals surface area contributed by atoms with E-state index in [4.69, 9.17) is 27.9 Å². The van der Waals surface area contributed by atoms with Gasteiger partial charge in [-0.2, -0.15) is 9.97 Å². The fraction of sp³-hybridized carbons (Fsp3) is 0.125. The van der Waals surface area contributed by atoms with Crippen LogP contribution in [0, 0.1) is 5.82 Å². The largest absolute Gasteiger partial charge is 0.479 e. The molecular formula is C8H4Cl2FN3O. The molecular weight excluding hydrogens is 244 g/mol. The lowest BCUT2D eigenvalue weighted by Crippen LogP contribution is -1.96. The van der Waals surface area contributed by atoms with Crippen molar-refractivity contribution >= 4 is 34.2 Å². The summed E-state index contributed by atoms with van der Waals surface area (Å²) in [5.74, 6) is -0.786. The minimum Gasteiger partial charge on any atom is -0.479 e. The molecule has 0 N–H and O–H groups in total. The monoisotopic (exact) mass is 247 g/mol. The fourth-order valence-corrected chi connectivity index (χ4v) is 1.52. The molecule has 0 bridgehead atoms. The van der Waals surface area contributed by atoms with Gasteiger partial charge in [0.25, 0.3) is 5.88 Å². The third kappa shape index (κ3) is 1.80. The minimum absolute atomic E-state index is 0.0475. The summed E-state index contributed by atoms with van der Waals surface area (Å²) in [5.41, 5.74) is 0.193. The molecule has 0 unspecified atom stereocenters. The molecule has 0 atom stereocenters. The zero-order chi connectivity index (χ0) is 11.0. The molecule has 0 aromatic carbocycles. The van der Waals surface area contributed by atoms with E-state index in [1.165, 1.54) is 7.11 Å². The Labute approximate surface area is 94.0 Å². The number of hydrogen-bond donors (Lipinski definition) is 0. The van der Waals surface area contributed by atoms with Gasteiger partial charge in [0.1, 0.15) is 5.15 Å². The van der Waals surface area contributed by atoms with E-state index in [9.17, 15) is 4.39 Å². The van der Waals surface area contributed by atoms with Gasteiger partial charge in [-0.3, -0.25) is 0 Å². The molecule has 0 saturated heterocycles. The SMILES string of the molecule is COc1nc2nc(Cl)nc(Cl)c2cc1F. The lowest BCUT2D eigenvalue weighted by Gasteiger charge is -2.03. The van der Waals surface area contributed by atoms with E-state index in [0.717, 1.165) is 6.07 Å². The number of aromatic nitrogens is 3. The lowest BCUT2D eigenvalue weighted by atomic mass is 10.3. The molecule has 0 aliphatic rings. The second-order valence-corrected chi connectivity index (χ2v) is 3.33. The van der Waals surface area contributed by atoms with Gasteiger partial charge in [0, 0.05) is 0 Å². The Balaban J connectivity index is 2.81. The first-order chi connectivity index (χ1) is 7.11. The average molecular weight is 248 g/mol. The highest BCUT2D eigenvalue weighted by Crippen LogP contribution is 2.25. The highest BCUT2D eigenvalue weighted by atomic mass is 35.5. The van der Waals surface area contributed by atoms with Crippen molar-refractivity contribution in [2.45, 2.75) is 0 Å². The smallest absolute Gasteiger partial charge is 0.252 e. The van der Waals surface area contributed by atoms with Gasteiger partial charge in [-0.25, -0.2) is 9.37 Å². The molecule has 78 valence electrons. The van der Waals surface area contributed by atoms with Crippen molar-refractivity contribution in [2.75, 3.05) is 7.11 Å². The summed E-state index contributed by atoms with van der Waals surface area (Å²) < 4.78 is 18.0. The lowest BCUT2D eigenvalue weighted by molar-refractivity contribution is 0.371. The number of pyridine rings is 1. The maximum atomic E-state index is 13.3. The summed E-state index contributed by atoms with van der Waals surface area (Å²) in [4.78, 5) is 11.3. The van der Waals surface area contributed by atoms with Crippen LogP contribution in [0.5, 0.6) is 5.88 Å². The van der Waals surface area contributed by atoms with E-state index in [2.05, 4.69) is 15.0 Å². The maximum Gasteiger partial charge on any atom is 0.252 e. The number of fused-ring (bicyclic) bond motifs is 1. The van der Waals surface area contributed by atoms with Crippen molar-refractivity contribution in [3.05, 3.63) is 22.3 Å². The predicted molar refractivity (Wildman–Crippen MR) is 53.9 cm³/mol. The van der Waals surface area contributed by atoms with E-state index in [0.29, 0.717) is 5.39 Å². The first-order valence-corrected chi connectivity index (χ1v) is 4.60. The van der Waals surface area contributed by atoms with Crippen molar-refractivity contribution in [3.63, 3.8) is 0 Å². The average Bonchev–Trinajstić information content (AvgIpc) is 2.18. The quantitative estimate of drug-likeness (QED) is 0.574. The van der Waals surface area contributed by atoms with Crippen LogP contribution in [0.1, 0.15) is 0 Å². The van der Waals surface area contributed by atoms with E-state index in [1.807, 2.05) is 0 Å². The van der Waals surface area contributed by atoms with Crippen LogP contribution in [0.4, 0.5) is 4.39 Å². The van der Waals surface area contributed by atoms with Crippen LogP contribution in [0.25, 0.3) is 11.0 Å². The van der Waals surface area contributed by atoms with Gasteiger partial charge in [0.15, 0.2) is 11.5 Å². The molecule has 4 nitrogen and oxygen atoms in total. The second kappa shape index (κ2) is 3.75. The van der Waals surface area contributed by atoms with Crippen LogP contribution in [0.2, 0.25) is 10.4 Å². The molecule has 0 aliphatic carbocycles. The van der Waals surface area contributed by atoms with Crippen molar-refractivity contribution < 1.29 is 9.13 Å². The van der Waals surface area contributed by atoms with Gasteiger partial charge in [0.05, 0.1) is 12.5 Å². The van der Waals surface area contributed by atoms with E-state index in [-0.39, 0.29) is 22.0 Å². The van der Waals surface area contributed by atoms with Gasteiger partial charge in [-0.1, -0.05) is 11.6 Å². The van der Waals surface area contributed by atoms with Gasteiger partial charge in [-0.15, -0.1) is 0 Å². The number of methoxy groups -OCH3 is 1. The summed E-state index contributed by atoms with van der Waals surface area (Å²) in [5, 5.41) is 0.298. The molecule has 0 saturated carbocycles. The molecule has 0 amide bonds. The van der Waals surface area contributed by atoms with Crippen molar-refractivity contribution in [3.8, 4) is 5.88 Å². The van der Waals surface area contributed by atoms with E-state index in [1.54, 1.807) is 0 Å². The number of hydrogen-bond acceptors (Lipinski definition) is 4. The first-order valence-electron chi connectivity index (χ1n) is 3.85. The molecule has 2 heterocycles. The highest BCUT2D eigenvalue weighted by Gasteiger charge is 2.11. The van der Waals surface area contributed by atoms with Crippen LogP contribution in [0.15, 0.2) is 6.07 Å². The van der Waals surface area contributed by atoms with Gasteiger partial charge >= 0.3 is 0 Å². The third-order valence-electron chi connectivity index (χ3n) is 1.73. The van der Waals surface area contributed by atoms with Crippen LogP contribution in [-0.2, 0) is 0 Å². The van der Waals surface area contributed by atoms with Crippen molar-refractivity contribution in [1.82, 2.24) is 15.0 Å². The topological polar surface area (TPSA) is 47.9 Å². The van der Waals surface area contributed by atoms with Crippen molar-refractivity contribution in [1.29, 1.82) is 0 Å². The summed E-state index contributed by atoms with van der Waals surface area (Å²) >= 11 is 11.3. The molecule has 2 rings (SSSR count). The molecule has 0 fully saturated rings. The molecule has 0 radical (unpaired) electrons. The maximum absolute atomic E-state index is 13.3. The van der Waals surface area contributed by atoms with Crippen LogP contribution in [0.3, 0.4) is 0 Å². The fourth-order valence-electron chi connectivity index (χ4n) is 1.10. The zero-order valence-electron chi connectivity index (χ0n) is 7.46. The Hall–Kier alpha value is -1.20. The number of rotatable bonds is 1. The molecule has 0 spiro atoms. The predicted octanol–water partition coefficient (Wildman–Crippen LogP) is 2.48. The third-order valence-corrected chi connectivity index (χ3v) is 2.19. The summed E-state index contributed by atoms with van der Waals surface area (Å²) in [7, 11) is 1.31. The summed E-state index contributed by atoms with van der Waals surface area (Å²) in [6, 6.07) is 1.15. The van der Waals surface area contributed by atoms with Crippen LogP contribution < -0.4 is 4.74 Å². The standard InChI is InChI=1S/C8H4Cl2FN3O/c1-15-7-4(11)2-3-5(9)12-8(10)14-6(3)13-7/h2H,1H3. The summed E-state index contributed by atoms with van der Waals surface area (Å²) in [6.45, 7) is 0. The molecule has 2 aromatic rings. The normalized spacial score (nSPS) is 10.7. The number of nitrogens with zero attached hydrogens (tertiary/aromatic N) is 3. The van der Waals surface area contributed by atoms with Gasteiger partial charge in [-0.05, 0) is 17.7 Å². The number of ether oxygens (including phenoxy) is 1. The Morgan fingerprint density at radius 1 is 1.27 bits per heavy atom. The molecule has 7 heteroatoms. The van der Waals surface area contributed by atoms with Crippen LogP contribution >= 0.6 is 23.2 Å². The highest BCUT2D eigenvalue weighted by molar-refractivity contribution is 6.35. The van der Waals surface area contributed by atoms with E-state index >= 15 is 0 Å². The molecule has 15 heavy (non-hydrogen) atoms. The van der Waals surface area contributed by atoms with Crippen LogP contribution in [-0.4, -0.2) is 22.1 Å². The van der Waals surface area contributed by atoms with E-state index < -0.39 is 5.82 Å². The van der Waals surface area contributed by atoms with Gasteiger partial charge in [0.2, 0.25) is 5.28 Å². The van der Waals surface area contributed by atoms with Gasteiger partial charge < -0.3 is 4.74 Å². The Bertz CT molecular complexity index is 535. The zero-order valence-corrected chi connectivity index (χ0v) is 8.97. The Morgan fingerprint density at radius 3 is 2.67 bits per heavy atom. The molecule has 2 aromatic heterocycles. The molecule has 0 aliphatic heterocycles. The first kappa shape index (κ1) is 10.3. The summed E-state index contributed by atoms with van der Waals surface area (Å²) in [6.07, 6.45) is 0.